The average Bonchev–Trinajstić information content (AvgIpc) is 3.37. The largest absolute Gasteiger partial charge is 0.373 e. The zero-order valence-corrected chi connectivity index (χ0v) is 14.7. The quantitative estimate of drug-likeness (QED) is 0.833. The SMILES string of the molecule is CC1CN(Cc2ccc(C(=O)NCC(N)C3CC3)cc2)CC(C)O1. The lowest BCUT2D eigenvalue weighted by Gasteiger charge is -2.35. The van der Waals surface area contributed by atoms with Gasteiger partial charge in [-0.3, -0.25) is 9.69 Å². The summed E-state index contributed by atoms with van der Waals surface area (Å²) in [5.74, 6) is 0.567. The predicted octanol–water partition coefficient (Wildman–Crippen LogP) is 1.76. The van der Waals surface area contributed by atoms with Crippen LogP contribution in [0.4, 0.5) is 0 Å². The van der Waals surface area contributed by atoms with Crippen LogP contribution in [0.5, 0.6) is 0 Å². The Labute approximate surface area is 144 Å². The van der Waals surface area contributed by atoms with Crippen LogP contribution in [0, 0.1) is 5.92 Å². The van der Waals surface area contributed by atoms with Gasteiger partial charge in [-0.05, 0) is 50.3 Å². The summed E-state index contributed by atoms with van der Waals surface area (Å²) < 4.78 is 5.77. The third-order valence-electron chi connectivity index (χ3n) is 4.84. The van der Waals surface area contributed by atoms with E-state index in [0.717, 1.165) is 19.6 Å². The lowest BCUT2D eigenvalue weighted by molar-refractivity contribution is -0.0704. The first-order valence-corrected chi connectivity index (χ1v) is 9.02. The van der Waals surface area contributed by atoms with Gasteiger partial charge in [0.15, 0.2) is 0 Å². The van der Waals surface area contributed by atoms with E-state index in [1.165, 1.54) is 18.4 Å². The minimum absolute atomic E-state index is 0.0359. The number of amides is 1. The van der Waals surface area contributed by atoms with E-state index in [1.807, 2.05) is 24.3 Å². The van der Waals surface area contributed by atoms with Crippen molar-refractivity contribution in [3.63, 3.8) is 0 Å². The first kappa shape index (κ1) is 17.4. The van der Waals surface area contributed by atoms with E-state index in [-0.39, 0.29) is 24.2 Å². The van der Waals surface area contributed by atoms with Gasteiger partial charge in [-0.1, -0.05) is 12.1 Å². The van der Waals surface area contributed by atoms with Crippen molar-refractivity contribution in [3.05, 3.63) is 35.4 Å². The molecule has 2 fully saturated rings. The number of carbonyl (C=O) groups is 1. The molecule has 3 N–H and O–H groups in total. The molecule has 5 nitrogen and oxygen atoms in total. The molecule has 1 aliphatic heterocycles. The molecule has 0 bridgehead atoms. The highest BCUT2D eigenvalue weighted by atomic mass is 16.5. The standard InChI is InChI=1S/C19H29N3O2/c1-13-10-22(11-14(2)24-13)12-15-3-5-17(6-4-15)19(23)21-9-18(20)16-7-8-16/h3-6,13-14,16,18H,7-12,20H2,1-2H3,(H,21,23). The Bertz CT molecular complexity index is 546. The van der Waals surface area contributed by atoms with E-state index in [4.69, 9.17) is 10.5 Å². The second kappa shape index (κ2) is 7.64. The molecule has 1 aromatic carbocycles. The molecule has 1 saturated heterocycles. The summed E-state index contributed by atoms with van der Waals surface area (Å²) in [6.07, 6.45) is 2.94. The van der Waals surface area contributed by atoms with Crippen LogP contribution in [-0.2, 0) is 11.3 Å². The smallest absolute Gasteiger partial charge is 0.251 e. The number of rotatable bonds is 6. The summed E-state index contributed by atoms with van der Waals surface area (Å²) >= 11 is 0. The van der Waals surface area contributed by atoms with Crippen molar-refractivity contribution in [2.45, 2.75) is 51.5 Å². The monoisotopic (exact) mass is 331 g/mol. The van der Waals surface area contributed by atoms with Crippen molar-refractivity contribution >= 4 is 5.91 Å². The van der Waals surface area contributed by atoms with E-state index in [9.17, 15) is 4.79 Å². The van der Waals surface area contributed by atoms with Crippen LogP contribution in [0.25, 0.3) is 0 Å². The van der Waals surface area contributed by atoms with Gasteiger partial charge in [0, 0.05) is 37.8 Å². The molecule has 3 unspecified atom stereocenters. The highest BCUT2D eigenvalue weighted by Crippen LogP contribution is 2.31. The number of benzene rings is 1. The predicted molar refractivity (Wildman–Crippen MR) is 94.8 cm³/mol. The topological polar surface area (TPSA) is 67.6 Å². The van der Waals surface area contributed by atoms with Crippen molar-refractivity contribution in [2.24, 2.45) is 11.7 Å². The molecule has 5 heteroatoms. The molecule has 0 spiro atoms. The molecule has 24 heavy (non-hydrogen) atoms. The maximum atomic E-state index is 12.2. The molecule has 1 aromatic rings. The molecular formula is C19H29N3O2. The van der Waals surface area contributed by atoms with E-state index >= 15 is 0 Å². The molecule has 1 heterocycles. The van der Waals surface area contributed by atoms with Gasteiger partial charge in [0.1, 0.15) is 0 Å². The van der Waals surface area contributed by atoms with Gasteiger partial charge in [0.05, 0.1) is 12.2 Å². The molecule has 1 aliphatic carbocycles. The number of hydrogen-bond acceptors (Lipinski definition) is 4. The first-order chi connectivity index (χ1) is 11.5. The Kier molecular flexibility index (Phi) is 5.54. The van der Waals surface area contributed by atoms with Gasteiger partial charge in [-0.2, -0.15) is 0 Å². The second-order valence-electron chi connectivity index (χ2n) is 7.36. The van der Waals surface area contributed by atoms with Crippen LogP contribution in [0.2, 0.25) is 0 Å². The van der Waals surface area contributed by atoms with Crippen molar-refractivity contribution in [1.82, 2.24) is 10.2 Å². The Morgan fingerprint density at radius 3 is 2.46 bits per heavy atom. The maximum absolute atomic E-state index is 12.2. The van der Waals surface area contributed by atoms with Gasteiger partial charge in [-0.25, -0.2) is 0 Å². The second-order valence-corrected chi connectivity index (χ2v) is 7.36. The fourth-order valence-corrected chi connectivity index (χ4v) is 3.44. The van der Waals surface area contributed by atoms with Gasteiger partial charge in [0.2, 0.25) is 0 Å². The van der Waals surface area contributed by atoms with Crippen LogP contribution < -0.4 is 11.1 Å². The van der Waals surface area contributed by atoms with Crippen molar-refractivity contribution in [1.29, 1.82) is 0 Å². The number of carbonyl (C=O) groups excluding carboxylic acids is 1. The van der Waals surface area contributed by atoms with E-state index in [2.05, 4.69) is 24.1 Å². The first-order valence-electron chi connectivity index (χ1n) is 9.02. The number of nitrogens with zero attached hydrogens (tertiary/aromatic N) is 1. The molecule has 1 saturated carbocycles. The molecule has 2 aliphatic rings. The molecule has 3 atom stereocenters. The number of morpholine rings is 1. The van der Waals surface area contributed by atoms with E-state index in [0.29, 0.717) is 18.0 Å². The zero-order chi connectivity index (χ0) is 17.1. The van der Waals surface area contributed by atoms with E-state index in [1.54, 1.807) is 0 Å². The van der Waals surface area contributed by atoms with Crippen molar-refractivity contribution in [2.75, 3.05) is 19.6 Å². The normalized spacial score (nSPS) is 26.1. The number of nitrogens with one attached hydrogen (secondary N) is 1. The van der Waals surface area contributed by atoms with Gasteiger partial charge >= 0.3 is 0 Å². The Hall–Kier alpha value is -1.43. The Morgan fingerprint density at radius 2 is 1.88 bits per heavy atom. The van der Waals surface area contributed by atoms with Gasteiger partial charge < -0.3 is 15.8 Å². The minimum Gasteiger partial charge on any atom is -0.373 e. The van der Waals surface area contributed by atoms with Crippen LogP contribution in [0.3, 0.4) is 0 Å². The summed E-state index contributed by atoms with van der Waals surface area (Å²) in [6.45, 7) is 7.59. The van der Waals surface area contributed by atoms with Crippen molar-refractivity contribution in [3.8, 4) is 0 Å². The summed E-state index contributed by atoms with van der Waals surface area (Å²) in [5, 5.41) is 2.94. The van der Waals surface area contributed by atoms with Gasteiger partial charge in [-0.15, -0.1) is 0 Å². The number of nitrogens with two attached hydrogens (primary N) is 1. The Balaban J connectivity index is 1.50. The molecule has 1 amide bonds. The highest BCUT2D eigenvalue weighted by Gasteiger charge is 2.28. The third kappa shape index (κ3) is 4.79. The average molecular weight is 331 g/mol. The van der Waals surface area contributed by atoms with Crippen LogP contribution in [0.1, 0.15) is 42.6 Å². The third-order valence-corrected chi connectivity index (χ3v) is 4.84. The van der Waals surface area contributed by atoms with Gasteiger partial charge in [0.25, 0.3) is 5.91 Å². The molecule has 0 radical (unpaired) electrons. The Morgan fingerprint density at radius 1 is 1.25 bits per heavy atom. The molecule has 0 aromatic heterocycles. The lowest BCUT2D eigenvalue weighted by atomic mass is 10.1. The summed E-state index contributed by atoms with van der Waals surface area (Å²) in [5.41, 5.74) is 7.95. The summed E-state index contributed by atoms with van der Waals surface area (Å²) in [6, 6.07) is 7.99. The lowest BCUT2D eigenvalue weighted by Crippen LogP contribution is -2.44. The van der Waals surface area contributed by atoms with Crippen LogP contribution in [-0.4, -0.2) is 48.7 Å². The van der Waals surface area contributed by atoms with E-state index < -0.39 is 0 Å². The number of hydrogen-bond donors (Lipinski definition) is 2. The molecule has 3 rings (SSSR count). The fraction of sp³-hybridized carbons (Fsp3) is 0.632. The fourth-order valence-electron chi connectivity index (χ4n) is 3.44. The maximum Gasteiger partial charge on any atom is 0.251 e. The van der Waals surface area contributed by atoms with Crippen LogP contribution >= 0.6 is 0 Å². The summed E-state index contributed by atoms with van der Waals surface area (Å²) in [4.78, 5) is 14.6. The van der Waals surface area contributed by atoms with Crippen LogP contribution in [0.15, 0.2) is 24.3 Å². The molecule has 132 valence electrons. The molecular weight excluding hydrogens is 302 g/mol. The number of ether oxygens (including phenoxy) is 1. The minimum atomic E-state index is -0.0359. The summed E-state index contributed by atoms with van der Waals surface area (Å²) in [7, 11) is 0. The van der Waals surface area contributed by atoms with Crippen molar-refractivity contribution < 1.29 is 9.53 Å². The zero-order valence-electron chi connectivity index (χ0n) is 14.7. The highest BCUT2D eigenvalue weighted by molar-refractivity contribution is 5.94.